The van der Waals surface area contributed by atoms with Gasteiger partial charge in [0.2, 0.25) is 5.91 Å². The second-order valence-electron chi connectivity index (χ2n) is 7.27. The van der Waals surface area contributed by atoms with Gasteiger partial charge in [0.15, 0.2) is 9.84 Å². The average Bonchev–Trinajstić information content (AvgIpc) is 2.86. The molecule has 1 spiro atoms. The van der Waals surface area contributed by atoms with Crippen molar-refractivity contribution in [1.29, 1.82) is 0 Å². The van der Waals surface area contributed by atoms with E-state index in [2.05, 4.69) is 5.32 Å². The van der Waals surface area contributed by atoms with Crippen molar-refractivity contribution in [2.24, 2.45) is 5.41 Å². The Morgan fingerprint density at radius 3 is 2.27 bits per heavy atom. The van der Waals surface area contributed by atoms with Gasteiger partial charge in [-0.3, -0.25) is 4.79 Å². The monoisotopic (exact) mass is 329 g/mol. The number of nitrogens with one attached hydrogen (secondary N) is 1. The first kappa shape index (κ1) is 16.2. The molecule has 6 heteroatoms. The lowest BCUT2D eigenvalue weighted by Crippen LogP contribution is -2.67. The fraction of sp³-hybridized carbons (Fsp3) is 0.938. The van der Waals surface area contributed by atoms with Crippen LogP contribution in [0.4, 0.5) is 0 Å². The van der Waals surface area contributed by atoms with E-state index in [9.17, 15) is 13.2 Å². The highest BCUT2D eigenvalue weighted by Crippen LogP contribution is 2.55. The lowest BCUT2D eigenvalue weighted by atomic mass is 9.60. The lowest BCUT2D eigenvalue weighted by molar-refractivity contribution is -0.146. The van der Waals surface area contributed by atoms with Gasteiger partial charge in [-0.15, -0.1) is 0 Å². The first-order valence-corrected chi connectivity index (χ1v) is 10.4. The predicted octanol–water partition coefficient (Wildman–Crippen LogP) is 1.81. The molecule has 0 heterocycles. The van der Waals surface area contributed by atoms with Gasteiger partial charge >= 0.3 is 0 Å². The van der Waals surface area contributed by atoms with Crippen LogP contribution in [0.1, 0.15) is 58.3 Å². The topological polar surface area (TPSA) is 72.5 Å². The number of carbonyl (C=O) groups is 1. The minimum atomic E-state index is -3.36. The molecule has 0 saturated heterocycles. The molecular formula is C16H27NO4S. The van der Waals surface area contributed by atoms with E-state index in [1.54, 1.807) is 0 Å². The zero-order chi connectivity index (χ0) is 16.0. The number of rotatable bonds is 5. The molecule has 5 nitrogen and oxygen atoms in total. The van der Waals surface area contributed by atoms with Crippen LogP contribution in [0.15, 0.2) is 0 Å². The molecule has 0 bridgehead atoms. The minimum Gasteiger partial charge on any atom is -0.378 e. The van der Waals surface area contributed by atoms with Gasteiger partial charge in [-0.1, -0.05) is 12.8 Å². The van der Waals surface area contributed by atoms with Crippen molar-refractivity contribution >= 4 is 15.7 Å². The molecule has 22 heavy (non-hydrogen) atoms. The molecule has 0 aliphatic heterocycles. The molecule has 1 amide bonds. The molecule has 3 aliphatic rings. The molecule has 0 aromatic heterocycles. The predicted molar refractivity (Wildman–Crippen MR) is 84.3 cm³/mol. The molecule has 0 aromatic rings. The molecule has 3 fully saturated rings. The smallest absolute Gasteiger partial charge is 0.241 e. The Labute approximate surface area is 133 Å². The van der Waals surface area contributed by atoms with Crippen molar-refractivity contribution in [1.82, 2.24) is 5.32 Å². The molecule has 3 rings (SSSR count). The fourth-order valence-electron chi connectivity index (χ4n) is 4.64. The van der Waals surface area contributed by atoms with Gasteiger partial charge in [0.1, 0.15) is 4.75 Å². The molecule has 3 saturated carbocycles. The van der Waals surface area contributed by atoms with Crippen LogP contribution < -0.4 is 5.32 Å². The Morgan fingerprint density at radius 2 is 1.82 bits per heavy atom. The summed E-state index contributed by atoms with van der Waals surface area (Å²) in [5.74, 6) is -0.271. The fourth-order valence-corrected chi connectivity index (χ4v) is 6.07. The van der Waals surface area contributed by atoms with Gasteiger partial charge < -0.3 is 10.1 Å². The molecule has 126 valence electrons. The molecule has 0 unspecified atom stereocenters. The summed E-state index contributed by atoms with van der Waals surface area (Å²) in [5, 5.41) is 3.09. The highest BCUT2D eigenvalue weighted by molar-refractivity contribution is 7.93. The summed E-state index contributed by atoms with van der Waals surface area (Å²) in [5.41, 5.74) is 0.0497. The number of hydrogen-bond acceptors (Lipinski definition) is 4. The molecule has 3 aliphatic carbocycles. The maximum atomic E-state index is 12.7. The highest BCUT2D eigenvalue weighted by Gasteiger charge is 2.60. The third-order valence-electron chi connectivity index (χ3n) is 6.28. The van der Waals surface area contributed by atoms with E-state index in [0.717, 1.165) is 25.7 Å². The summed E-state index contributed by atoms with van der Waals surface area (Å²) < 4.78 is 28.8. The van der Waals surface area contributed by atoms with Crippen molar-refractivity contribution < 1.29 is 17.9 Å². The standard InChI is InChI=1S/C16H27NO4S/c1-3-21-13-11-12(15(13)7-4-5-8-15)17-14(18)16(9-6-10-16)22(2,19)20/h12-13H,3-11H2,1-2H3,(H,17,18)/t12-,13-/m1/s1. The van der Waals surface area contributed by atoms with Crippen LogP contribution in [0.5, 0.6) is 0 Å². The van der Waals surface area contributed by atoms with E-state index < -0.39 is 14.6 Å². The minimum absolute atomic E-state index is 0.0497. The van der Waals surface area contributed by atoms with Crippen LogP contribution in [-0.2, 0) is 19.4 Å². The summed E-state index contributed by atoms with van der Waals surface area (Å²) in [6.45, 7) is 2.70. The van der Waals surface area contributed by atoms with E-state index >= 15 is 0 Å². The Morgan fingerprint density at radius 1 is 1.18 bits per heavy atom. The molecule has 0 radical (unpaired) electrons. The Bertz CT molecular complexity index is 546. The molecular weight excluding hydrogens is 302 g/mol. The maximum absolute atomic E-state index is 12.7. The van der Waals surface area contributed by atoms with Crippen molar-refractivity contribution in [2.45, 2.75) is 75.2 Å². The number of ether oxygens (including phenoxy) is 1. The molecule has 0 aromatic carbocycles. The van der Waals surface area contributed by atoms with Gasteiger partial charge in [-0.05, 0) is 45.4 Å². The third kappa shape index (κ3) is 2.21. The van der Waals surface area contributed by atoms with Crippen LogP contribution in [0, 0.1) is 5.41 Å². The van der Waals surface area contributed by atoms with Crippen LogP contribution in [0.25, 0.3) is 0 Å². The normalized spacial score (nSPS) is 32.3. The number of hydrogen-bond donors (Lipinski definition) is 1. The van der Waals surface area contributed by atoms with E-state index in [1.165, 1.54) is 19.1 Å². The zero-order valence-electron chi connectivity index (χ0n) is 13.6. The summed E-state index contributed by atoms with van der Waals surface area (Å²) in [7, 11) is -3.36. The largest absolute Gasteiger partial charge is 0.378 e. The lowest BCUT2D eigenvalue weighted by Gasteiger charge is -2.55. The highest BCUT2D eigenvalue weighted by atomic mass is 32.2. The number of carbonyl (C=O) groups excluding carboxylic acids is 1. The van der Waals surface area contributed by atoms with Crippen molar-refractivity contribution in [3.63, 3.8) is 0 Å². The van der Waals surface area contributed by atoms with Crippen LogP contribution >= 0.6 is 0 Å². The van der Waals surface area contributed by atoms with Crippen molar-refractivity contribution in [3.05, 3.63) is 0 Å². The first-order valence-electron chi connectivity index (χ1n) is 8.48. The van der Waals surface area contributed by atoms with Crippen LogP contribution in [0.3, 0.4) is 0 Å². The van der Waals surface area contributed by atoms with Gasteiger partial charge in [-0.2, -0.15) is 0 Å². The summed E-state index contributed by atoms with van der Waals surface area (Å²) in [4.78, 5) is 12.7. The quantitative estimate of drug-likeness (QED) is 0.835. The van der Waals surface area contributed by atoms with Gasteiger partial charge in [0.05, 0.1) is 6.10 Å². The average molecular weight is 329 g/mol. The van der Waals surface area contributed by atoms with Crippen molar-refractivity contribution in [3.8, 4) is 0 Å². The van der Waals surface area contributed by atoms with Gasteiger partial charge in [0.25, 0.3) is 0 Å². The maximum Gasteiger partial charge on any atom is 0.241 e. The zero-order valence-corrected chi connectivity index (χ0v) is 14.4. The second kappa shape index (κ2) is 5.48. The second-order valence-corrected chi connectivity index (χ2v) is 9.59. The molecule has 2 atom stereocenters. The Kier molecular flexibility index (Phi) is 4.05. The van der Waals surface area contributed by atoms with Gasteiger partial charge in [-0.25, -0.2) is 8.42 Å². The van der Waals surface area contributed by atoms with E-state index in [0.29, 0.717) is 19.4 Å². The van der Waals surface area contributed by atoms with Gasteiger partial charge in [0, 0.05) is 24.3 Å². The van der Waals surface area contributed by atoms with Crippen LogP contribution in [-0.4, -0.2) is 44.1 Å². The van der Waals surface area contributed by atoms with Crippen LogP contribution in [0.2, 0.25) is 0 Å². The van der Waals surface area contributed by atoms with E-state index in [1.807, 2.05) is 6.92 Å². The first-order chi connectivity index (χ1) is 10.4. The Balaban J connectivity index is 1.72. The van der Waals surface area contributed by atoms with Crippen molar-refractivity contribution in [2.75, 3.05) is 12.9 Å². The Hall–Kier alpha value is -0.620. The summed E-state index contributed by atoms with van der Waals surface area (Å²) in [6, 6.07) is 0.0817. The number of sulfone groups is 1. The SMILES string of the molecule is CCO[C@@H]1C[C@@H](NC(=O)C2(S(C)(=O)=O)CCC2)C12CCCC2. The van der Waals surface area contributed by atoms with E-state index in [-0.39, 0.29) is 23.5 Å². The molecule has 1 N–H and O–H groups in total. The number of amides is 1. The summed E-state index contributed by atoms with van der Waals surface area (Å²) in [6.07, 6.45) is 8.49. The third-order valence-corrected chi connectivity index (χ3v) is 8.29. The van der Waals surface area contributed by atoms with E-state index in [4.69, 9.17) is 4.74 Å². The summed E-state index contributed by atoms with van der Waals surface area (Å²) >= 11 is 0.